The van der Waals surface area contributed by atoms with E-state index in [0.29, 0.717) is 26.1 Å². The van der Waals surface area contributed by atoms with Crippen molar-refractivity contribution in [3.8, 4) is 0 Å². The van der Waals surface area contributed by atoms with Crippen LogP contribution >= 0.6 is 0 Å². The number of hydrogen-bond acceptors (Lipinski definition) is 3. The predicted octanol–water partition coefficient (Wildman–Crippen LogP) is -0.196. The molecule has 2 heterocycles. The molecule has 0 saturated carbocycles. The van der Waals surface area contributed by atoms with Gasteiger partial charge in [-0.25, -0.2) is 4.39 Å². The SMILES string of the molecule is CN1CCN(C(=O)C2(F)CCN(C)C2)CC1. The monoisotopic (exact) mass is 229 g/mol. The minimum atomic E-state index is -1.63. The summed E-state index contributed by atoms with van der Waals surface area (Å²) < 4.78 is 14.4. The topological polar surface area (TPSA) is 26.8 Å². The molecule has 0 spiro atoms. The van der Waals surface area contributed by atoms with E-state index in [9.17, 15) is 9.18 Å². The smallest absolute Gasteiger partial charge is 0.261 e. The van der Waals surface area contributed by atoms with Gasteiger partial charge < -0.3 is 14.7 Å². The van der Waals surface area contributed by atoms with Crippen LogP contribution in [0.5, 0.6) is 0 Å². The number of nitrogens with zero attached hydrogens (tertiary/aromatic N) is 3. The summed E-state index contributed by atoms with van der Waals surface area (Å²) in [6.45, 7) is 3.93. The fourth-order valence-electron chi connectivity index (χ4n) is 2.42. The Labute approximate surface area is 96.0 Å². The minimum Gasteiger partial charge on any atom is -0.337 e. The highest BCUT2D eigenvalue weighted by atomic mass is 19.1. The van der Waals surface area contributed by atoms with E-state index < -0.39 is 5.67 Å². The molecule has 2 fully saturated rings. The molecule has 92 valence electrons. The summed E-state index contributed by atoms with van der Waals surface area (Å²) in [5.74, 6) is -0.301. The molecule has 0 aromatic rings. The number of amides is 1. The largest absolute Gasteiger partial charge is 0.337 e. The Morgan fingerprint density at radius 3 is 2.19 bits per heavy atom. The van der Waals surface area contributed by atoms with Gasteiger partial charge in [0.25, 0.3) is 5.91 Å². The van der Waals surface area contributed by atoms with Crippen LogP contribution in [-0.2, 0) is 4.79 Å². The Morgan fingerprint density at radius 1 is 1.06 bits per heavy atom. The lowest BCUT2D eigenvalue weighted by Gasteiger charge is -2.35. The zero-order valence-electron chi connectivity index (χ0n) is 10.1. The van der Waals surface area contributed by atoms with E-state index in [4.69, 9.17) is 0 Å². The molecule has 0 N–H and O–H groups in total. The van der Waals surface area contributed by atoms with E-state index in [1.54, 1.807) is 4.90 Å². The second-order valence-corrected chi connectivity index (χ2v) is 5.05. The van der Waals surface area contributed by atoms with Gasteiger partial charge in [-0.2, -0.15) is 0 Å². The van der Waals surface area contributed by atoms with Crippen LogP contribution in [-0.4, -0.2) is 79.6 Å². The first-order valence-corrected chi connectivity index (χ1v) is 5.87. The first-order chi connectivity index (χ1) is 7.51. The predicted molar refractivity (Wildman–Crippen MR) is 60.0 cm³/mol. The maximum atomic E-state index is 14.4. The van der Waals surface area contributed by atoms with Gasteiger partial charge >= 0.3 is 0 Å². The zero-order valence-corrected chi connectivity index (χ0v) is 10.1. The van der Waals surface area contributed by atoms with Gasteiger partial charge in [0, 0.05) is 45.7 Å². The van der Waals surface area contributed by atoms with Gasteiger partial charge in [0.1, 0.15) is 0 Å². The normalized spacial score (nSPS) is 33.3. The maximum absolute atomic E-state index is 14.4. The van der Waals surface area contributed by atoms with Crippen molar-refractivity contribution in [1.29, 1.82) is 0 Å². The molecular weight excluding hydrogens is 209 g/mol. The van der Waals surface area contributed by atoms with Crippen molar-refractivity contribution < 1.29 is 9.18 Å². The van der Waals surface area contributed by atoms with Crippen LogP contribution in [0, 0.1) is 0 Å². The Hall–Kier alpha value is -0.680. The quantitative estimate of drug-likeness (QED) is 0.623. The van der Waals surface area contributed by atoms with Gasteiger partial charge in [0.05, 0.1) is 0 Å². The van der Waals surface area contributed by atoms with Crippen LogP contribution in [0.25, 0.3) is 0 Å². The average molecular weight is 229 g/mol. The molecule has 2 aliphatic rings. The third-order valence-corrected chi connectivity index (χ3v) is 3.58. The fourth-order valence-corrected chi connectivity index (χ4v) is 2.42. The van der Waals surface area contributed by atoms with Crippen LogP contribution in [0.3, 0.4) is 0 Å². The number of halogens is 1. The summed E-state index contributed by atoms with van der Waals surface area (Å²) in [5.41, 5.74) is -1.63. The van der Waals surface area contributed by atoms with Crippen LogP contribution in [0.15, 0.2) is 0 Å². The van der Waals surface area contributed by atoms with E-state index in [1.165, 1.54) is 0 Å². The summed E-state index contributed by atoms with van der Waals surface area (Å²) in [4.78, 5) is 17.8. The minimum absolute atomic E-state index is 0.248. The number of likely N-dealkylation sites (tertiary alicyclic amines) is 1. The fraction of sp³-hybridized carbons (Fsp3) is 0.909. The van der Waals surface area contributed by atoms with E-state index in [-0.39, 0.29) is 12.5 Å². The number of carbonyl (C=O) groups excluding carboxylic acids is 1. The molecule has 4 nitrogen and oxygen atoms in total. The molecule has 0 aromatic carbocycles. The Kier molecular flexibility index (Phi) is 3.17. The Morgan fingerprint density at radius 2 is 1.69 bits per heavy atom. The molecule has 1 unspecified atom stereocenters. The molecule has 5 heteroatoms. The lowest BCUT2D eigenvalue weighted by atomic mass is 10.0. The van der Waals surface area contributed by atoms with Crippen LogP contribution in [0.2, 0.25) is 0 Å². The molecule has 0 radical (unpaired) electrons. The summed E-state index contributed by atoms with van der Waals surface area (Å²) in [6, 6.07) is 0. The van der Waals surface area contributed by atoms with Gasteiger partial charge in [0.15, 0.2) is 0 Å². The van der Waals surface area contributed by atoms with Crippen molar-refractivity contribution in [3.63, 3.8) is 0 Å². The summed E-state index contributed by atoms with van der Waals surface area (Å²) in [5, 5.41) is 0. The molecule has 2 aliphatic heterocycles. The molecule has 1 atom stereocenters. The summed E-state index contributed by atoms with van der Waals surface area (Å²) in [6.07, 6.45) is 0.342. The second kappa shape index (κ2) is 4.30. The molecular formula is C11H20FN3O. The highest BCUT2D eigenvalue weighted by Gasteiger charge is 2.46. The molecule has 0 aliphatic carbocycles. The Balaban J connectivity index is 1.97. The third-order valence-electron chi connectivity index (χ3n) is 3.58. The van der Waals surface area contributed by atoms with Crippen molar-refractivity contribution in [2.45, 2.75) is 12.1 Å². The highest BCUT2D eigenvalue weighted by molar-refractivity contribution is 5.86. The Bertz CT molecular complexity index is 278. The van der Waals surface area contributed by atoms with Gasteiger partial charge in [-0.05, 0) is 14.1 Å². The summed E-state index contributed by atoms with van der Waals surface area (Å²) >= 11 is 0. The van der Waals surface area contributed by atoms with Crippen LogP contribution < -0.4 is 0 Å². The average Bonchev–Trinajstić information content (AvgIpc) is 2.60. The lowest BCUT2D eigenvalue weighted by Crippen LogP contribution is -2.54. The van der Waals surface area contributed by atoms with Crippen molar-refractivity contribution in [2.75, 3.05) is 53.4 Å². The molecule has 16 heavy (non-hydrogen) atoms. The van der Waals surface area contributed by atoms with Crippen LogP contribution in [0.4, 0.5) is 4.39 Å². The van der Waals surface area contributed by atoms with Crippen molar-refractivity contribution in [3.05, 3.63) is 0 Å². The number of alkyl halides is 1. The van der Waals surface area contributed by atoms with Gasteiger partial charge in [-0.3, -0.25) is 4.79 Å². The van der Waals surface area contributed by atoms with Gasteiger partial charge in [0.2, 0.25) is 5.67 Å². The standard InChI is InChI=1S/C11H20FN3O/c1-13-5-7-15(8-6-13)10(16)11(12)3-4-14(2)9-11/h3-9H2,1-2H3. The molecule has 2 saturated heterocycles. The van der Waals surface area contributed by atoms with E-state index in [0.717, 1.165) is 13.1 Å². The van der Waals surface area contributed by atoms with E-state index >= 15 is 0 Å². The highest BCUT2D eigenvalue weighted by Crippen LogP contribution is 2.27. The lowest BCUT2D eigenvalue weighted by molar-refractivity contribution is -0.144. The van der Waals surface area contributed by atoms with Crippen LogP contribution in [0.1, 0.15) is 6.42 Å². The zero-order chi connectivity index (χ0) is 11.8. The maximum Gasteiger partial charge on any atom is 0.261 e. The molecule has 1 amide bonds. The third kappa shape index (κ3) is 2.20. The first-order valence-electron chi connectivity index (χ1n) is 5.87. The van der Waals surface area contributed by atoms with E-state index in [1.807, 2.05) is 19.0 Å². The number of rotatable bonds is 1. The van der Waals surface area contributed by atoms with Gasteiger partial charge in [-0.1, -0.05) is 0 Å². The number of carbonyl (C=O) groups is 1. The molecule has 0 aromatic heterocycles. The molecule has 2 rings (SSSR count). The molecule has 0 bridgehead atoms. The van der Waals surface area contributed by atoms with E-state index in [2.05, 4.69) is 4.90 Å². The van der Waals surface area contributed by atoms with Crippen molar-refractivity contribution >= 4 is 5.91 Å². The summed E-state index contributed by atoms with van der Waals surface area (Å²) in [7, 11) is 3.88. The van der Waals surface area contributed by atoms with Crippen molar-refractivity contribution in [1.82, 2.24) is 14.7 Å². The number of hydrogen-bond donors (Lipinski definition) is 0. The number of likely N-dealkylation sites (N-methyl/N-ethyl adjacent to an activating group) is 1. The second-order valence-electron chi connectivity index (χ2n) is 5.05. The first kappa shape index (κ1) is 11.8. The number of piperazine rings is 1. The van der Waals surface area contributed by atoms with Gasteiger partial charge in [-0.15, -0.1) is 0 Å². The van der Waals surface area contributed by atoms with Crippen molar-refractivity contribution in [2.24, 2.45) is 0 Å².